The molecule has 7 nitrogen and oxygen atoms in total. The zero-order chi connectivity index (χ0) is 17.3. The molecular weight excluding hydrogens is 342 g/mol. The second-order valence-corrected chi connectivity index (χ2v) is 8.44. The Morgan fingerprint density at radius 1 is 1.30 bits per heavy atom. The van der Waals surface area contributed by atoms with Crippen LogP contribution >= 0.6 is 12.4 Å². The summed E-state index contributed by atoms with van der Waals surface area (Å²) in [6, 6.07) is 1.28. The van der Waals surface area contributed by atoms with Crippen molar-refractivity contribution in [3.05, 3.63) is 17.4 Å². The van der Waals surface area contributed by atoms with Gasteiger partial charge < -0.3 is 15.1 Å². The highest BCUT2D eigenvalue weighted by atomic mass is 35.5. The lowest BCUT2D eigenvalue weighted by Gasteiger charge is -2.28. The minimum Gasteiger partial charge on any atom is -0.448 e. The molecule has 0 bridgehead atoms. The van der Waals surface area contributed by atoms with Gasteiger partial charge >= 0.3 is 0 Å². The van der Waals surface area contributed by atoms with Crippen molar-refractivity contribution in [3.63, 3.8) is 0 Å². The summed E-state index contributed by atoms with van der Waals surface area (Å²) < 4.78 is 30.4. The standard InChI is InChI=1S/C14H25N3O4S.ClH/c1-10-11(7-12(21-10)22(19,20)16(4)5)13(18)17(6)9-14(2,3)8-15;/h7H,8-9,15H2,1-6H3;1H. The molecule has 1 aromatic heterocycles. The zero-order valence-electron chi connectivity index (χ0n) is 14.4. The van der Waals surface area contributed by atoms with Gasteiger partial charge in [0.1, 0.15) is 5.76 Å². The summed E-state index contributed by atoms with van der Waals surface area (Å²) in [5.74, 6) is -0.00851. The number of aryl methyl sites for hydroxylation is 1. The molecule has 0 unspecified atom stereocenters. The first-order valence-electron chi connectivity index (χ1n) is 6.91. The van der Waals surface area contributed by atoms with E-state index in [1.807, 2.05) is 13.8 Å². The van der Waals surface area contributed by atoms with E-state index in [-0.39, 0.29) is 40.1 Å². The van der Waals surface area contributed by atoms with Gasteiger partial charge in [-0.3, -0.25) is 4.79 Å². The number of nitrogens with zero attached hydrogens (tertiary/aromatic N) is 2. The van der Waals surface area contributed by atoms with Crippen LogP contribution in [0.15, 0.2) is 15.6 Å². The van der Waals surface area contributed by atoms with E-state index < -0.39 is 10.0 Å². The quantitative estimate of drug-likeness (QED) is 0.817. The van der Waals surface area contributed by atoms with Crippen molar-refractivity contribution in [3.8, 4) is 0 Å². The Labute approximate surface area is 144 Å². The number of nitrogens with two attached hydrogens (primary N) is 1. The summed E-state index contributed by atoms with van der Waals surface area (Å²) in [6.07, 6.45) is 0. The van der Waals surface area contributed by atoms with Crippen molar-refractivity contribution in [1.82, 2.24) is 9.21 Å². The molecule has 0 aliphatic heterocycles. The fourth-order valence-corrected chi connectivity index (χ4v) is 2.82. The molecule has 0 fully saturated rings. The molecule has 1 amide bonds. The maximum absolute atomic E-state index is 12.5. The topological polar surface area (TPSA) is 96.8 Å². The Morgan fingerprint density at radius 2 is 1.83 bits per heavy atom. The van der Waals surface area contributed by atoms with Gasteiger partial charge in [-0.05, 0) is 18.9 Å². The molecule has 134 valence electrons. The molecule has 0 radical (unpaired) electrons. The molecule has 2 N–H and O–H groups in total. The van der Waals surface area contributed by atoms with E-state index in [1.165, 1.54) is 25.1 Å². The monoisotopic (exact) mass is 367 g/mol. The van der Waals surface area contributed by atoms with Crippen molar-refractivity contribution in [1.29, 1.82) is 0 Å². The van der Waals surface area contributed by atoms with Crippen LogP contribution in [-0.2, 0) is 10.0 Å². The SMILES string of the molecule is Cc1oc(S(=O)(=O)N(C)C)cc1C(=O)N(C)CC(C)(C)CN.Cl. The number of sulfonamides is 1. The number of rotatable bonds is 6. The van der Waals surface area contributed by atoms with Crippen molar-refractivity contribution >= 4 is 28.3 Å². The summed E-state index contributed by atoms with van der Waals surface area (Å²) >= 11 is 0. The molecule has 1 rings (SSSR count). The van der Waals surface area contributed by atoms with Crippen LogP contribution in [0.3, 0.4) is 0 Å². The number of carbonyl (C=O) groups excluding carboxylic acids is 1. The van der Waals surface area contributed by atoms with E-state index in [0.29, 0.717) is 13.1 Å². The van der Waals surface area contributed by atoms with Crippen molar-refractivity contribution < 1.29 is 17.6 Å². The number of hydrogen-bond acceptors (Lipinski definition) is 5. The number of halogens is 1. The van der Waals surface area contributed by atoms with Gasteiger partial charge in [-0.1, -0.05) is 13.8 Å². The van der Waals surface area contributed by atoms with Crippen LogP contribution in [0.5, 0.6) is 0 Å². The number of furan rings is 1. The van der Waals surface area contributed by atoms with Gasteiger partial charge in [0.15, 0.2) is 0 Å². The summed E-state index contributed by atoms with van der Waals surface area (Å²) in [4.78, 5) is 14.0. The van der Waals surface area contributed by atoms with Crippen molar-refractivity contribution in [2.24, 2.45) is 11.1 Å². The van der Waals surface area contributed by atoms with E-state index in [0.717, 1.165) is 4.31 Å². The van der Waals surface area contributed by atoms with Gasteiger partial charge in [0.05, 0.1) is 5.56 Å². The van der Waals surface area contributed by atoms with Gasteiger partial charge in [-0.15, -0.1) is 12.4 Å². The van der Waals surface area contributed by atoms with Gasteiger partial charge in [-0.25, -0.2) is 12.7 Å². The molecule has 0 atom stereocenters. The van der Waals surface area contributed by atoms with Gasteiger partial charge in [0, 0.05) is 33.8 Å². The normalized spacial score (nSPS) is 12.2. The van der Waals surface area contributed by atoms with Crippen LogP contribution in [0.2, 0.25) is 0 Å². The molecule has 1 heterocycles. The van der Waals surface area contributed by atoms with Gasteiger partial charge in [0.2, 0.25) is 5.09 Å². The van der Waals surface area contributed by atoms with Crippen LogP contribution in [0, 0.1) is 12.3 Å². The van der Waals surface area contributed by atoms with Gasteiger partial charge in [-0.2, -0.15) is 0 Å². The summed E-state index contributed by atoms with van der Waals surface area (Å²) in [5.41, 5.74) is 5.70. The highest BCUT2D eigenvalue weighted by Crippen LogP contribution is 2.23. The molecule has 1 aromatic rings. The summed E-state index contributed by atoms with van der Waals surface area (Å²) in [6.45, 7) is 6.39. The first-order valence-corrected chi connectivity index (χ1v) is 8.35. The van der Waals surface area contributed by atoms with Crippen molar-refractivity contribution in [2.75, 3.05) is 34.2 Å². The minimum atomic E-state index is -3.70. The maximum Gasteiger partial charge on any atom is 0.275 e. The van der Waals surface area contributed by atoms with Crippen LogP contribution in [0.25, 0.3) is 0 Å². The van der Waals surface area contributed by atoms with Gasteiger partial charge in [0.25, 0.3) is 15.9 Å². The van der Waals surface area contributed by atoms with E-state index in [4.69, 9.17) is 10.2 Å². The molecule has 0 saturated heterocycles. The van der Waals surface area contributed by atoms with E-state index in [1.54, 1.807) is 14.0 Å². The van der Waals surface area contributed by atoms with Crippen LogP contribution < -0.4 is 5.73 Å². The Balaban J connectivity index is 0.00000484. The lowest BCUT2D eigenvalue weighted by Crippen LogP contribution is -2.39. The lowest BCUT2D eigenvalue weighted by molar-refractivity contribution is 0.0739. The molecule has 0 aliphatic rings. The Hall–Kier alpha value is -1.09. The van der Waals surface area contributed by atoms with Crippen LogP contribution in [-0.4, -0.2) is 57.8 Å². The average molecular weight is 368 g/mol. The van der Waals surface area contributed by atoms with Crippen LogP contribution in [0.1, 0.15) is 30.0 Å². The smallest absolute Gasteiger partial charge is 0.275 e. The third kappa shape index (κ3) is 4.94. The Kier molecular flexibility index (Phi) is 7.29. The fraction of sp³-hybridized carbons (Fsp3) is 0.643. The molecule has 0 spiro atoms. The molecular formula is C14H26ClN3O4S. The predicted octanol–water partition coefficient (Wildman–Crippen LogP) is 1.32. The summed E-state index contributed by atoms with van der Waals surface area (Å²) in [7, 11) is 0.772. The maximum atomic E-state index is 12.5. The Bertz CT molecular complexity index is 653. The highest BCUT2D eigenvalue weighted by Gasteiger charge is 2.28. The fourth-order valence-electron chi connectivity index (χ4n) is 1.96. The predicted molar refractivity (Wildman–Crippen MR) is 91.4 cm³/mol. The molecule has 0 aromatic carbocycles. The number of hydrogen-bond donors (Lipinski definition) is 1. The Morgan fingerprint density at radius 3 is 2.26 bits per heavy atom. The average Bonchev–Trinajstić information content (AvgIpc) is 2.79. The second kappa shape index (κ2) is 7.65. The zero-order valence-corrected chi connectivity index (χ0v) is 16.0. The molecule has 23 heavy (non-hydrogen) atoms. The minimum absolute atomic E-state index is 0. The number of carbonyl (C=O) groups is 1. The molecule has 0 aliphatic carbocycles. The first kappa shape index (κ1) is 21.9. The highest BCUT2D eigenvalue weighted by molar-refractivity contribution is 7.88. The molecule has 9 heteroatoms. The van der Waals surface area contributed by atoms with Crippen molar-refractivity contribution in [2.45, 2.75) is 25.9 Å². The number of amides is 1. The molecule has 0 saturated carbocycles. The third-order valence-electron chi connectivity index (χ3n) is 3.43. The summed E-state index contributed by atoms with van der Waals surface area (Å²) in [5, 5.41) is -0.232. The van der Waals surface area contributed by atoms with E-state index in [2.05, 4.69) is 0 Å². The lowest BCUT2D eigenvalue weighted by atomic mass is 9.93. The first-order chi connectivity index (χ1) is 9.92. The third-order valence-corrected chi connectivity index (χ3v) is 5.10. The second-order valence-electron chi connectivity index (χ2n) is 6.35. The van der Waals surface area contributed by atoms with E-state index in [9.17, 15) is 13.2 Å². The largest absolute Gasteiger partial charge is 0.448 e. The van der Waals surface area contributed by atoms with Crippen LogP contribution in [0.4, 0.5) is 0 Å². The van der Waals surface area contributed by atoms with E-state index >= 15 is 0 Å².